The average Bonchev–Trinajstić information content (AvgIpc) is 3.33. The van der Waals surface area contributed by atoms with E-state index in [2.05, 4.69) is 51.6 Å². The lowest BCUT2D eigenvalue weighted by atomic mass is 9.77. The number of esters is 1. The fraction of sp³-hybridized carbons (Fsp3) is 0.343. The minimum atomic E-state index is -1.42. The van der Waals surface area contributed by atoms with Crippen LogP contribution < -0.4 is 16.4 Å². The highest BCUT2D eigenvalue weighted by molar-refractivity contribution is 7.90. The normalized spacial score (nSPS) is 20.1. The van der Waals surface area contributed by atoms with Crippen LogP contribution in [0.5, 0.6) is 0 Å². The summed E-state index contributed by atoms with van der Waals surface area (Å²) in [6.07, 6.45) is -0.106. The first kappa shape index (κ1) is 33.1. The van der Waals surface area contributed by atoms with Gasteiger partial charge in [0.1, 0.15) is 17.1 Å². The quantitative estimate of drug-likeness (QED) is 0.123. The van der Waals surface area contributed by atoms with E-state index >= 15 is 0 Å². The Kier molecular flexibility index (Phi) is 9.48. The van der Waals surface area contributed by atoms with Crippen LogP contribution in [0.2, 0.25) is 0 Å². The first-order valence-corrected chi connectivity index (χ1v) is 16.5. The number of rotatable bonds is 11. The summed E-state index contributed by atoms with van der Waals surface area (Å²) in [4.78, 5) is 46.2. The Balaban J connectivity index is 1.69. The molecule has 0 bridgehead atoms. The first-order chi connectivity index (χ1) is 21.8. The molecule has 10 nitrogen and oxygen atoms in total. The van der Waals surface area contributed by atoms with Gasteiger partial charge >= 0.3 is 5.97 Å². The molecule has 1 saturated heterocycles. The van der Waals surface area contributed by atoms with E-state index in [0.29, 0.717) is 12.2 Å². The van der Waals surface area contributed by atoms with Crippen LogP contribution in [0.15, 0.2) is 107 Å². The second kappa shape index (κ2) is 13.2. The highest BCUT2D eigenvalue weighted by Crippen LogP contribution is 2.40. The number of hydrogen-bond acceptors (Lipinski definition) is 8. The Hall–Kier alpha value is -4.32. The molecule has 2 aliphatic heterocycles. The zero-order valence-electron chi connectivity index (χ0n) is 26.7. The van der Waals surface area contributed by atoms with Crippen LogP contribution in [-0.2, 0) is 40.2 Å². The zero-order valence-corrected chi connectivity index (χ0v) is 27.5. The zero-order chi connectivity index (χ0) is 33.1. The number of nitrogens with two attached hydrogens (primary N) is 1. The first-order valence-electron chi connectivity index (χ1n) is 15.2. The third-order valence-electron chi connectivity index (χ3n) is 7.74. The van der Waals surface area contributed by atoms with Gasteiger partial charge in [-0.05, 0) is 62.0 Å². The predicted octanol–water partition coefficient (Wildman–Crippen LogP) is 4.24. The second-order valence-electron chi connectivity index (χ2n) is 12.8. The van der Waals surface area contributed by atoms with Gasteiger partial charge in [0, 0.05) is 17.6 Å². The summed E-state index contributed by atoms with van der Waals surface area (Å²) < 4.78 is 10.2. The van der Waals surface area contributed by atoms with Gasteiger partial charge < -0.3 is 20.7 Å². The molecular weight excluding hydrogens is 602 g/mol. The third kappa shape index (κ3) is 6.91. The molecule has 1 fully saturated rings. The SMILES string of the molecule is CC(C)(C)OC(=O)C(C)(C)O/N=S1/C=C(CC(N)=O)N(C2CNC2=O)C1NC(c1ccccc1)(c1ccccc1)c1ccccc1. The van der Waals surface area contributed by atoms with Crippen LogP contribution in [0.4, 0.5) is 0 Å². The maximum Gasteiger partial charge on any atom is 0.341 e. The van der Waals surface area contributed by atoms with Crippen LogP contribution in [0.25, 0.3) is 0 Å². The van der Waals surface area contributed by atoms with E-state index in [-0.39, 0.29) is 12.3 Å². The van der Waals surface area contributed by atoms with Gasteiger partial charge in [-0.1, -0.05) is 91.0 Å². The Morgan fingerprint density at radius 3 is 1.80 bits per heavy atom. The smallest absolute Gasteiger partial charge is 0.341 e. The number of hydrogen-bond donors (Lipinski definition) is 3. The van der Waals surface area contributed by atoms with E-state index in [0.717, 1.165) is 16.7 Å². The molecular formula is C35H41N5O5S. The number of ether oxygens (including phenoxy) is 1. The van der Waals surface area contributed by atoms with Crippen molar-refractivity contribution in [3.8, 4) is 0 Å². The van der Waals surface area contributed by atoms with Crippen molar-refractivity contribution in [2.24, 2.45) is 10.3 Å². The number of carbonyl (C=O) groups is 3. The lowest BCUT2D eigenvalue weighted by Gasteiger charge is -2.46. The monoisotopic (exact) mass is 643 g/mol. The van der Waals surface area contributed by atoms with E-state index in [1.807, 2.05) is 64.9 Å². The number of nitrogens with one attached hydrogen (secondary N) is 2. The minimum absolute atomic E-state index is 0.106. The molecule has 0 saturated carbocycles. The molecule has 3 aromatic rings. The van der Waals surface area contributed by atoms with Gasteiger partial charge in [-0.25, -0.2) is 9.63 Å². The second-order valence-corrected chi connectivity index (χ2v) is 14.3. The molecule has 0 aliphatic carbocycles. The van der Waals surface area contributed by atoms with Gasteiger partial charge in [-0.15, -0.1) is 4.53 Å². The van der Waals surface area contributed by atoms with Crippen LogP contribution in [0, 0.1) is 0 Å². The highest BCUT2D eigenvalue weighted by atomic mass is 32.2. The standard InChI is InChI=1S/C35H41N5O5S/c1-33(2,3)44-31(43)34(4,5)45-39-46-23-27(21-29(36)41)40(28-22-37-30(28)42)32(46)38-35(24-15-9-6-10-16-24,25-17-11-7-12-18-25)26-19-13-8-14-20-26/h6-20,23,28,32,38H,21-22H2,1-5H3,(H2,36,41)(H,37,42). The Morgan fingerprint density at radius 1 is 0.913 bits per heavy atom. The molecule has 3 atom stereocenters. The topological polar surface area (TPSA) is 135 Å². The molecule has 3 aromatic carbocycles. The van der Waals surface area contributed by atoms with Crippen molar-refractivity contribution in [2.45, 2.75) is 69.3 Å². The maximum atomic E-state index is 13.1. The lowest BCUT2D eigenvalue weighted by Crippen LogP contribution is -2.67. The van der Waals surface area contributed by atoms with Gasteiger partial charge in [-0.2, -0.15) is 0 Å². The van der Waals surface area contributed by atoms with Crippen LogP contribution in [0.3, 0.4) is 0 Å². The fourth-order valence-electron chi connectivity index (χ4n) is 5.47. The summed E-state index contributed by atoms with van der Waals surface area (Å²) in [6, 6.07) is 29.5. The van der Waals surface area contributed by atoms with Gasteiger partial charge in [-0.3, -0.25) is 14.9 Å². The number of carbonyl (C=O) groups excluding carboxylic acids is 3. The van der Waals surface area contributed by atoms with Crippen LogP contribution in [0.1, 0.15) is 57.7 Å². The van der Waals surface area contributed by atoms with Crippen molar-refractivity contribution >= 4 is 28.5 Å². The maximum absolute atomic E-state index is 13.1. The summed E-state index contributed by atoms with van der Waals surface area (Å²) in [5, 5.41) is 8.55. The Morgan fingerprint density at radius 2 is 1.41 bits per heavy atom. The molecule has 0 spiro atoms. The van der Waals surface area contributed by atoms with Gasteiger partial charge in [0.25, 0.3) is 0 Å². The van der Waals surface area contributed by atoms with Crippen LogP contribution in [-0.4, -0.2) is 52.0 Å². The van der Waals surface area contributed by atoms with Gasteiger partial charge in [0.2, 0.25) is 11.8 Å². The molecule has 2 heterocycles. The molecule has 0 aromatic heterocycles. The van der Waals surface area contributed by atoms with Crippen LogP contribution >= 0.6 is 0 Å². The molecule has 5 rings (SSSR count). The van der Waals surface area contributed by atoms with Crippen molar-refractivity contribution in [1.82, 2.24) is 15.5 Å². The van der Waals surface area contributed by atoms with E-state index < -0.39 is 50.8 Å². The molecule has 242 valence electrons. The fourth-order valence-corrected chi connectivity index (χ4v) is 7.30. The summed E-state index contributed by atoms with van der Waals surface area (Å²) in [5.41, 5.74) is 5.36. The van der Waals surface area contributed by atoms with E-state index in [9.17, 15) is 14.4 Å². The van der Waals surface area contributed by atoms with Crippen molar-refractivity contribution in [3.63, 3.8) is 0 Å². The number of nitrogens with zero attached hydrogens (tertiary/aromatic N) is 2. The largest absolute Gasteiger partial charge is 0.458 e. The van der Waals surface area contributed by atoms with Crippen molar-refractivity contribution in [2.75, 3.05) is 6.54 Å². The Bertz CT molecular complexity index is 1540. The van der Waals surface area contributed by atoms with Crippen molar-refractivity contribution in [1.29, 1.82) is 0 Å². The molecule has 3 unspecified atom stereocenters. The molecule has 0 radical (unpaired) electrons. The summed E-state index contributed by atoms with van der Waals surface area (Å²) in [7, 11) is -1.14. The number of amides is 2. The molecule has 46 heavy (non-hydrogen) atoms. The van der Waals surface area contributed by atoms with E-state index in [1.54, 1.807) is 34.6 Å². The minimum Gasteiger partial charge on any atom is -0.458 e. The average molecular weight is 644 g/mol. The van der Waals surface area contributed by atoms with Crippen molar-refractivity contribution in [3.05, 3.63) is 119 Å². The predicted molar refractivity (Wildman–Crippen MR) is 177 cm³/mol. The molecule has 2 aliphatic rings. The van der Waals surface area contributed by atoms with E-state index in [4.69, 9.17) is 15.3 Å². The van der Waals surface area contributed by atoms with E-state index in [1.165, 1.54) is 0 Å². The molecule has 11 heteroatoms. The van der Waals surface area contributed by atoms with Crippen molar-refractivity contribution < 1.29 is 24.0 Å². The third-order valence-corrected chi connectivity index (χ3v) is 9.30. The summed E-state index contributed by atoms with van der Waals surface area (Å²) in [5.74, 6) is -1.29. The summed E-state index contributed by atoms with van der Waals surface area (Å²) >= 11 is 0. The summed E-state index contributed by atoms with van der Waals surface area (Å²) in [6.45, 7) is 8.93. The highest BCUT2D eigenvalue weighted by Gasteiger charge is 2.48. The Labute approximate surface area is 272 Å². The number of benzene rings is 3. The molecule has 4 N–H and O–H groups in total. The lowest BCUT2D eigenvalue weighted by molar-refractivity contribution is -0.179. The van der Waals surface area contributed by atoms with Gasteiger partial charge in [0.15, 0.2) is 5.60 Å². The van der Waals surface area contributed by atoms with Gasteiger partial charge in [0.05, 0.1) is 12.0 Å². The number of β-lactam (4-membered cyclic amide) rings is 1. The number of primary amides is 1. The molecule has 2 amide bonds.